The summed E-state index contributed by atoms with van der Waals surface area (Å²) in [6.07, 6.45) is 0. The quantitative estimate of drug-likeness (QED) is 0.498. The molecule has 116 valence electrons. The minimum Gasteiger partial charge on any atom is -0.455 e. The average molecular weight is 312 g/mol. The van der Waals surface area contributed by atoms with Crippen LogP contribution < -0.4 is 0 Å². The first kappa shape index (κ1) is 14.3. The van der Waals surface area contributed by atoms with Crippen LogP contribution in [0, 0.1) is 25.2 Å². The van der Waals surface area contributed by atoms with E-state index in [2.05, 4.69) is 36.6 Å². The second-order valence-electron chi connectivity index (χ2n) is 5.92. The SMILES string of the molecule is Cc1ccc(C)n1-c1ccc2c(C#N)c(-c3ccccc3)oc2c1. The fourth-order valence-corrected chi connectivity index (χ4v) is 3.20. The Hall–Kier alpha value is -3.25. The number of aromatic nitrogens is 1. The van der Waals surface area contributed by atoms with E-state index >= 15 is 0 Å². The first-order valence-electron chi connectivity index (χ1n) is 7.86. The molecule has 0 aliphatic heterocycles. The van der Waals surface area contributed by atoms with Crippen molar-refractivity contribution in [3.63, 3.8) is 0 Å². The van der Waals surface area contributed by atoms with Gasteiger partial charge >= 0.3 is 0 Å². The molecule has 0 radical (unpaired) electrons. The highest BCUT2D eigenvalue weighted by atomic mass is 16.3. The lowest BCUT2D eigenvalue weighted by Gasteiger charge is -2.08. The largest absolute Gasteiger partial charge is 0.455 e. The zero-order valence-electron chi connectivity index (χ0n) is 13.6. The summed E-state index contributed by atoms with van der Waals surface area (Å²) >= 11 is 0. The summed E-state index contributed by atoms with van der Waals surface area (Å²) in [7, 11) is 0. The number of nitrogens with zero attached hydrogens (tertiary/aromatic N) is 2. The maximum Gasteiger partial charge on any atom is 0.153 e. The predicted molar refractivity (Wildman–Crippen MR) is 95.2 cm³/mol. The van der Waals surface area contributed by atoms with Crippen molar-refractivity contribution < 1.29 is 4.42 Å². The highest BCUT2D eigenvalue weighted by Crippen LogP contribution is 2.34. The molecule has 4 aromatic rings. The fraction of sp³-hybridized carbons (Fsp3) is 0.0952. The summed E-state index contributed by atoms with van der Waals surface area (Å²) in [4.78, 5) is 0. The van der Waals surface area contributed by atoms with Gasteiger partial charge in [0.05, 0.1) is 0 Å². The molecular formula is C21H16N2O. The van der Waals surface area contributed by atoms with E-state index < -0.39 is 0 Å². The molecule has 0 N–H and O–H groups in total. The minimum atomic E-state index is 0.587. The minimum absolute atomic E-state index is 0.587. The molecule has 2 aromatic carbocycles. The molecule has 0 spiro atoms. The maximum absolute atomic E-state index is 9.59. The van der Waals surface area contributed by atoms with Crippen LogP contribution in [-0.2, 0) is 0 Å². The Kier molecular flexibility index (Phi) is 3.25. The Morgan fingerprint density at radius 1 is 0.917 bits per heavy atom. The Morgan fingerprint density at radius 2 is 1.62 bits per heavy atom. The molecule has 4 rings (SSSR count). The summed E-state index contributed by atoms with van der Waals surface area (Å²) in [6.45, 7) is 4.16. The molecule has 2 aromatic heterocycles. The highest BCUT2D eigenvalue weighted by Gasteiger charge is 2.16. The molecule has 0 unspecified atom stereocenters. The fourth-order valence-electron chi connectivity index (χ4n) is 3.20. The molecule has 2 heterocycles. The van der Waals surface area contributed by atoms with Gasteiger partial charge in [0.25, 0.3) is 0 Å². The standard InChI is InChI=1S/C21H16N2O/c1-14-8-9-15(2)23(14)17-10-11-18-19(13-22)21(24-20(18)12-17)16-6-4-3-5-7-16/h3-12H,1-2H3. The van der Waals surface area contributed by atoms with Gasteiger partial charge in [-0.05, 0) is 38.1 Å². The smallest absolute Gasteiger partial charge is 0.153 e. The molecule has 3 nitrogen and oxygen atoms in total. The lowest BCUT2D eigenvalue weighted by Crippen LogP contribution is -1.97. The van der Waals surface area contributed by atoms with Crippen molar-refractivity contribution in [1.82, 2.24) is 4.57 Å². The van der Waals surface area contributed by atoms with Gasteiger partial charge in [-0.15, -0.1) is 0 Å². The van der Waals surface area contributed by atoms with Gasteiger partial charge in [-0.2, -0.15) is 5.26 Å². The molecular weight excluding hydrogens is 296 g/mol. The van der Waals surface area contributed by atoms with Crippen LogP contribution in [0.4, 0.5) is 0 Å². The Morgan fingerprint density at radius 3 is 2.29 bits per heavy atom. The molecule has 0 bridgehead atoms. The maximum atomic E-state index is 9.59. The van der Waals surface area contributed by atoms with E-state index in [1.165, 1.54) is 11.4 Å². The second-order valence-corrected chi connectivity index (χ2v) is 5.92. The van der Waals surface area contributed by atoms with Gasteiger partial charge in [0.2, 0.25) is 0 Å². The number of hydrogen-bond donors (Lipinski definition) is 0. The molecule has 24 heavy (non-hydrogen) atoms. The van der Waals surface area contributed by atoms with E-state index in [1.54, 1.807) is 0 Å². The average Bonchev–Trinajstić information content (AvgIpc) is 3.14. The third-order valence-electron chi connectivity index (χ3n) is 4.35. The first-order chi connectivity index (χ1) is 11.7. The van der Waals surface area contributed by atoms with Crippen molar-refractivity contribution in [1.29, 1.82) is 5.26 Å². The summed E-state index contributed by atoms with van der Waals surface area (Å²) in [6, 6.07) is 22.3. The van der Waals surface area contributed by atoms with E-state index in [0.29, 0.717) is 11.3 Å². The van der Waals surface area contributed by atoms with Gasteiger partial charge in [-0.1, -0.05) is 30.3 Å². The number of hydrogen-bond acceptors (Lipinski definition) is 2. The molecule has 0 aliphatic rings. The molecule has 0 saturated carbocycles. The first-order valence-corrected chi connectivity index (χ1v) is 7.86. The summed E-state index contributed by atoms with van der Waals surface area (Å²) in [5.74, 6) is 0.631. The highest BCUT2D eigenvalue weighted by molar-refractivity contribution is 5.91. The molecule has 0 saturated heterocycles. The van der Waals surface area contributed by atoms with E-state index in [4.69, 9.17) is 4.42 Å². The lowest BCUT2D eigenvalue weighted by molar-refractivity contribution is 0.630. The van der Waals surface area contributed by atoms with Crippen LogP contribution in [0.3, 0.4) is 0 Å². The van der Waals surface area contributed by atoms with E-state index in [9.17, 15) is 5.26 Å². The summed E-state index contributed by atoms with van der Waals surface area (Å²) < 4.78 is 8.24. The summed E-state index contributed by atoms with van der Waals surface area (Å²) in [5.41, 5.74) is 5.61. The van der Waals surface area contributed by atoms with Crippen molar-refractivity contribution in [2.24, 2.45) is 0 Å². The number of benzene rings is 2. The van der Waals surface area contributed by atoms with Crippen LogP contribution in [0.15, 0.2) is 65.1 Å². The number of fused-ring (bicyclic) bond motifs is 1. The van der Waals surface area contributed by atoms with Crippen molar-refractivity contribution in [3.05, 3.63) is 77.6 Å². The van der Waals surface area contributed by atoms with Crippen LogP contribution in [0.25, 0.3) is 28.0 Å². The van der Waals surface area contributed by atoms with Gasteiger partial charge in [0, 0.05) is 34.1 Å². The third-order valence-corrected chi connectivity index (χ3v) is 4.35. The van der Waals surface area contributed by atoms with Crippen molar-refractivity contribution >= 4 is 11.0 Å². The Labute approximate surface area is 140 Å². The Bertz CT molecular complexity index is 1060. The molecule has 0 amide bonds. The number of furan rings is 1. The number of rotatable bonds is 2. The lowest BCUT2D eigenvalue weighted by atomic mass is 10.1. The second kappa shape index (κ2) is 5.43. The van der Waals surface area contributed by atoms with E-state index in [0.717, 1.165) is 22.2 Å². The topological polar surface area (TPSA) is 41.9 Å². The zero-order chi connectivity index (χ0) is 16.7. The van der Waals surface area contributed by atoms with Crippen molar-refractivity contribution in [2.75, 3.05) is 0 Å². The van der Waals surface area contributed by atoms with Crippen LogP contribution in [0.2, 0.25) is 0 Å². The van der Waals surface area contributed by atoms with Crippen molar-refractivity contribution in [3.8, 4) is 23.1 Å². The van der Waals surface area contributed by atoms with Gasteiger partial charge in [-0.3, -0.25) is 0 Å². The monoisotopic (exact) mass is 312 g/mol. The molecule has 0 aliphatic carbocycles. The van der Waals surface area contributed by atoms with Crippen molar-refractivity contribution in [2.45, 2.75) is 13.8 Å². The normalized spacial score (nSPS) is 10.9. The van der Waals surface area contributed by atoms with Gasteiger partial charge < -0.3 is 8.98 Å². The Balaban J connectivity index is 1.95. The van der Waals surface area contributed by atoms with Gasteiger partial charge in [0.1, 0.15) is 17.2 Å². The predicted octanol–water partition coefficient (Wildman–Crippen LogP) is 5.38. The van der Waals surface area contributed by atoms with E-state index in [-0.39, 0.29) is 0 Å². The molecule has 0 fully saturated rings. The number of aryl methyl sites for hydroxylation is 2. The van der Waals surface area contributed by atoms with E-state index in [1.807, 2.05) is 48.5 Å². The third kappa shape index (κ3) is 2.12. The molecule has 3 heteroatoms. The molecule has 0 atom stereocenters. The summed E-state index contributed by atoms with van der Waals surface area (Å²) in [5, 5.41) is 10.4. The van der Waals surface area contributed by atoms with Crippen LogP contribution in [-0.4, -0.2) is 4.57 Å². The van der Waals surface area contributed by atoms with Gasteiger partial charge in [0.15, 0.2) is 5.76 Å². The zero-order valence-corrected chi connectivity index (χ0v) is 13.6. The van der Waals surface area contributed by atoms with Crippen LogP contribution >= 0.6 is 0 Å². The van der Waals surface area contributed by atoms with Crippen LogP contribution in [0.1, 0.15) is 17.0 Å². The number of nitriles is 1. The van der Waals surface area contributed by atoms with Gasteiger partial charge in [-0.25, -0.2) is 0 Å². The van der Waals surface area contributed by atoms with Crippen LogP contribution in [0.5, 0.6) is 0 Å².